The smallest absolute Gasteiger partial charge is 0.240 e. The minimum absolute atomic E-state index is 0.158. The molecule has 1 heterocycles. The quantitative estimate of drug-likeness (QED) is 0.781. The van der Waals surface area contributed by atoms with E-state index < -0.39 is 10.0 Å². The number of nitrogen functional groups attached to an aromatic ring is 1. The highest BCUT2D eigenvalue weighted by molar-refractivity contribution is 9.10. The van der Waals surface area contributed by atoms with Crippen LogP contribution in [0.15, 0.2) is 27.6 Å². The molecule has 106 valence electrons. The summed E-state index contributed by atoms with van der Waals surface area (Å²) in [6, 6.07) is 4.47. The van der Waals surface area contributed by atoms with Crippen molar-refractivity contribution in [2.45, 2.75) is 11.0 Å². The van der Waals surface area contributed by atoms with Gasteiger partial charge in [-0.15, -0.1) is 0 Å². The van der Waals surface area contributed by atoms with Gasteiger partial charge in [0.2, 0.25) is 10.0 Å². The van der Waals surface area contributed by atoms with Crippen molar-refractivity contribution in [1.82, 2.24) is 4.72 Å². The molecule has 1 aliphatic rings. The number of ether oxygens (including phenoxy) is 2. The molecule has 1 fully saturated rings. The topological polar surface area (TPSA) is 90.7 Å². The molecule has 0 saturated carbocycles. The van der Waals surface area contributed by atoms with E-state index in [1.807, 2.05) is 0 Å². The summed E-state index contributed by atoms with van der Waals surface area (Å²) >= 11 is 3.20. The third-order valence-corrected chi connectivity index (χ3v) is 4.78. The van der Waals surface area contributed by atoms with Crippen LogP contribution >= 0.6 is 15.9 Å². The van der Waals surface area contributed by atoms with Gasteiger partial charge in [-0.3, -0.25) is 0 Å². The van der Waals surface area contributed by atoms with Gasteiger partial charge in [-0.2, -0.15) is 0 Å². The average Bonchev–Trinajstić information content (AvgIpc) is 2.41. The van der Waals surface area contributed by atoms with Crippen molar-refractivity contribution in [2.24, 2.45) is 0 Å². The van der Waals surface area contributed by atoms with Gasteiger partial charge in [0.15, 0.2) is 0 Å². The Balaban J connectivity index is 2.02. The number of anilines is 1. The lowest BCUT2D eigenvalue weighted by Crippen LogP contribution is -2.39. The standard InChI is InChI=1S/C11H15BrN2O4S/c12-10-5-9(1-2-11(10)13)19(15,16)14-6-8-7-17-3-4-18-8/h1-2,5,8,14H,3-4,6-7,13H2. The summed E-state index contributed by atoms with van der Waals surface area (Å²) in [5, 5.41) is 0. The van der Waals surface area contributed by atoms with Gasteiger partial charge in [0, 0.05) is 16.7 Å². The third-order valence-electron chi connectivity index (χ3n) is 2.67. The van der Waals surface area contributed by atoms with Crippen molar-refractivity contribution in [3.8, 4) is 0 Å². The third kappa shape index (κ3) is 3.90. The van der Waals surface area contributed by atoms with Crippen LogP contribution in [0.1, 0.15) is 0 Å². The first kappa shape index (κ1) is 14.7. The molecule has 0 radical (unpaired) electrons. The zero-order chi connectivity index (χ0) is 13.9. The first-order valence-corrected chi connectivity index (χ1v) is 8.01. The number of hydrogen-bond acceptors (Lipinski definition) is 5. The van der Waals surface area contributed by atoms with Gasteiger partial charge in [-0.1, -0.05) is 0 Å². The molecule has 2 rings (SSSR count). The van der Waals surface area contributed by atoms with Gasteiger partial charge < -0.3 is 15.2 Å². The molecule has 1 saturated heterocycles. The summed E-state index contributed by atoms with van der Waals surface area (Å²) in [6.45, 7) is 1.62. The molecule has 1 aliphatic heterocycles. The number of halogens is 1. The number of rotatable bonds is 4. The van der Waals surface area contributed by atoms with Crippen molar-refractivity contribution in [3.05, 3.63) is 22.7 Å². The van der Waals surface area contributed by atoms with Crippen LogP contribution < -0.4 is 10.5 Å². The maximum atomic E-state index is 12.1. The highest BCUT2D eigenvalue weighted by Crippen LogP contribution is 2.22. The molecule has 1 atom stereocenters. The average molecular weight is 351 g/mol. The Labute approximate surface area is 120 Å². The molecule has 8 heteroatoms. The van der Waals surface area contributed by atoms with Crippen LogP contribution in [0.3, 0.4) is 0 Å². The lowest BCUT2D eigenvalue weighted by molar-refractivity contribution is -0.0846. The molecule has 19 heavy (non-hydrogen) atoms. The Bertz CT molecular complexity index is 544. The van der Waals surface area contributed by atoms with Crippen LogP contribution in [0.2, 0.25) is 0 Å². The number of nitrogens with one attached hydrogen (secondary N) is 1. The van der Waals surface area contributed by atoms with Crippen LogP contribution in [-0.2, 0) is 19.5 Å². The van der Waals surface area contributed by atoms with E-state index in [1.54, 1.807) is 6.07 Å². The van der Waals surface area contributed by atoms with E-state index in [0.29, 0.717) is 30.0 Å². The van der Waals surface area contributed by atoms with Gasteiger partial charge in [-0.25, -0.2) is 13.1 Å². The SMILES string of the molecule is Nc1ccc(S(=O)(=O)NCC2COCCO2)cc1Br. The molecule has 1 aromatic carbocycles. The van der Waals surface area contributed by atoms with Gasteiger partial charge in [0.25, 0.3) is 0 Å². The molecule has 1 aromatic rings. The van der Waals surface area contributed by atoms with E-state index in [-0.39, 0.29) is 17.5 Å². The zero-order valence-electron chi connectivity index (χ0n) is 10.1. The van der Waals surface area contributed by atoms with Crippen molar-refractivity contribution in [2.75, 3.05) is 32.1 Å². The van der Waals surface area contributed by atoms with Crippen molar-refractivity contribution in [1.29, 1.82) is 0 Å². The molecular weight excluding hydrogens is 336 g/mol. The Morgan fingerprint density at radius 2 is 2.21 bits per heavy atom. The predicted octanol–water partition coefficient (Wildman–Crippen LogP) is 0.725. The summed E-state index contributed by atoms with van der Waals surface area (Å²) in [4.78, 5) is 0.158. The molecule has 1 unspecified atom stereocenters. The van der Waals surface area contributed by atoms with E-state index in [1.165, 1.54) is 12.1 Å². The van der Waals surface area contributed by atoms with E-state index in [4.69, 9.17) is 15.2 Å². The zero-order valence-corrected chi connectivity index (χ0v) is 12.5. The molecule has 6 nitrogen and oxygen atoms in total. The van der Waals surface area contributed by atoms with E-state index in [9.17, 15) is 8.42 Å². The summed E-state index contributed by atoms with van der Waals surface area (Å²) in [6.07, 6.45) is -0.249. The lowest BCUT2D eigenvalue weighted by atomic mass is 10.3. The molecule has 0 amide bonds. The van der Waals surface area contributed by atoms with Crippen LogP contribution in [0.4, 0.5) is 5.69 Å². The molecule has 0 aromatic heterocycles. The fourth-order valence-corrected chi connectivity index (χ4v) is 3.24. The van der Waals surface area contributed by atoms with Crippen molar-refractivity contribution >= 4 is 31.6 Å². The fraction of sp³-hybridized carbons (Fsp3) is 0.455. The molecule has 0 bridgehead atoms. The second-order valence-corrected chi connectivity index (χ2v) is 6.72. The van der Waals surface area contributed by atoms with Crippen molar-refractivity contribution < 1.29 is 17.9 Å². The Morgan fingerprint density at radius 1 is 1.42 bits per heavy atom. The summed E-state index contributed by atoms with van der Waals surface area (Å²) in [7, 11) is -3.57. The second-order valence-electron chi connectivity index (χ2n) is 4.10. The Hall–Kier alpha value is -0.670. The molecule has 0 spiro atoms. The minimum atomic E-state index is -3.57. The van der Waals surface area contributed by atoms with Crippen LogP contribution in [0.25, 0.3) is 0 Å². The van der Waals surface area contributed by atoms with Crippen LogP contribution in [0.5, 0.6) is 0 Å². The first-order chi connectivity index (χ1) is 8.99. The number of hydrogen-bond donors (Lipinski definition) is 2. The highest BCUT2D eigenvalue weighted by atomic mass is 79.9. The van der Waals surface area contributed by atoms with Gasteiger partial charge in [0.05, 0.1) is 30.8 Å². The molecular formula is C11H15BrN2O4S. The summed E-state index contributed by atoms with van der Waals surface area (Å²) < 4.78 is 37.8. The Morgan fingerprint density at radius 3 is 2.84 bits per heavy atom. The van der Waals surface area contributed by atoms with E-state index in [2.05, 4.69) is 20.7 Å². The largest absolute Gasteiger partial charge is 0.398 e. The minimum Gasteiger partial charge on any atom is -0.398 e. The maximum Gasteiger partial charge on any atom is 0.240 e. The summed E-state index contributed by atoms with van der Waals surface area (Å²) in [5.41, 5.74) is 6.11. The van der Waals surface area contributed by atoms with Gasteiger partial charge in [0.1, 0.15) is 0 Å². The number of nitrogens with two attached hydrogens (primary N) is 1. The first-order valence-electron chi connectivity index (χ1n) is 5.73. The van der Waals surface area contributed by atoms with E-state index >= 15 is 0 Å². The maximum absolute atomic E-state index is 12.1. The second kappa shape index (κ2) is 6.19. The van der Waals surface area contributed by atoms with Crippen LogP contribution in [-0.4, -0.2) is 40.9 Å². The molecule has 0 aliphatic carbocycles. The lowest BCUT2D eigenvalue weighted by Gasteiger charge is -2.23. The molecule has 3 N–H and O–H groups in total. The fourth-order valence-electron chi connectivity index (χ4n) is 1.62. The predicted molar refractivity (Wildman–Crippen MR) is 74.3 cm³/mol. The monoisotopic (exact) mass is 350 g/mol. The summed E-state index contributed by atoms with van der Waals surface area (Å²) in [5.74, 6) is 0. The Kier molecular flexibility index (Phi) is 4.80. The highest BCUT2D eigenvalue weighted by Gasteiger charge is 2.20. The van der Waals surface area contributed by atoms with Gasteiger partial charge >= 0.3 is 0 Å². The van der Waals surface area contributed by atoms with Gasteiger partial charge in [-0.05, 0) is 34.1 Å². The number of sulfonamides is 1. The van der Waals surface area contributed by atoms with E-state index in [0.717, 1.165) is 0 Å². The normalized spacial score (nSPS) is 20.4. The van der Waals surface area contributed by atoms with Crippen molar-refractivity contribution in [3.63, 3.8) is 0 Å². The van der Waals surface area contributed by atoms with Crippen LogP contribution in [0, 0.1) is 0 Å². The number of benzene rings is 1.